The fraction of sp³-hybridized carbons (Fsp3) is 0.467. The summed E-state index contributed by atoms with van der Waals surface area (Å²) in [6.07, 6.45) is 2.15. The standard InChI is InChI=1S/C15H20BrFN4/c1-4-18-14(12-7-11(16)5-6-13(12)17)8-15-19-9-20-21(15)10(2)3/h5-7,9-10,14,18H,4,8H2,1-3H3. The van der Waals surface area contributed by atoms with Crippen LogP contribution in [0.25, 0.3) is 0 Å². The Morgan fingerprint density at radius 1 is 1.38 bits per heavy atom. The third kappa shape index (κ3) is 3.89. The number of rotatable bonds is 6. The molecule has 6 heteroatoms. The van der Waals surface area contributed by atoms with Crippen LogP contribution in [0.2, 0.25) is 0 Å². The maximum atomic E-state index is 14.1. The van der Waals surface area contributed by atoms with E-state index in [1.54, 1.807) is 12.4 Å². The van der Waals surface area contributed by atoms with Crippen molar-refractivity contribution in [2.45, 2.75) is 39.3 Å². The van der Waals surface area contributed by atoms with E-state index in [9.17, 15) is 4.39 Å². The fourth-order valence-corrected chi connectivity index (χ4v) is 2.73. The number of aromatic nitrogens is 3. The van der Waals surface area contributed by atoms with Gasteiger partial charge in [0.05, 0.1) is 0 Å². The molecular weight excluding hydrogens is 335 g/mol. The maximum absolute atomic E-state index is 14.1. The van der Waals surface area contributed by atoms with Crippen LogP contribution in [0, 0.1) is 5.82 Å². The molecule has 2 rings (SSSR count). The molecule has 1 N–H and O–H groups in total. The van der Waals surface area contributed by atoms with Crippen LogP contribution < -0.4 is 5.32 Å². The Bertz CT molecular complexity index is 597. The minimum absolute atomic E-state index is 0.130. The van der Waals surface area contributed by atoms with Crippen molar-refractivity contribution in [2.75, 3.05) is 6.54 Å². The van der Waals surface area contributed by atoms with Crippen molar-refractivity contribution in [3.8, 4) is 0 Å². The molecule has 0 bridgehead atoms. The zero-order chi connectivity index (χ0) is 15.4. The van der Waals surface area contributed by atoms with Crippen LogP contribution in [-0.2, 0) is 6.42 Å². The van der Waals surface area contributed by atoms with Crippen molar-refractivity contribution in [1.29, 1.82) is 0 Å². The molecule has 0 fully saturated rings. The van der Waals surface area contributed by atoms with Gasteiger partial charge in [-0.1, -0.05) is 22.9 Å². The molecule has 0 aliphatic heterocycles. The zero-order valence-corrected chi connectivity index (χ0v) is 14.1. The van der Waals surface area contributed by atoms with Gasteiger partial charge in [-0.3, -0.25) is 0 Å². The number of likely N-dealkylation sites (N-methyl/N-ethyl adjacent to an activating group) is 1. The van der Waals surface area contributed by atoms with Gasteiger partial charge in [0.15, 0.2) is 0 Å². The lowest BCUT2D eigenvalue weighted by Crippen LogP contribution is -2.25. The van der Waals surface area contributed by atoms with Gasteiger partial charge in [0.2, 0.25) is 0 Å². The van der Waals surface area contributed by atoms with Crippen LogP contribution in [0.4, 0.5) is 4.39 Å². The Balaban J connectivity index is 2.31. The highest BCUT2D eigenvalue weighted by molar-refractivity contribution is 9.10. The molecule has 1 aromatic heterocycles. The number of nitrogens with zero attached hydrogens (tertiary/aromatic N) is 3. The van der Waals surface area contributed by atoms with Crippen LogP contribution in [0.1, 0.15) is 44.2 Å². The molecule has 0 spiro atoms. The van der Waals surface area contributed by atoms with Gasteiger partial charge in [-0.2, -0.15) is 5.10 Å². The molecule has 4 nitrogen and oxygen atoms in total. The first-order valence-electron chi connectivity index (χ1n) is 7.09. The van der Waals surface area contributed by atoms with E-state index in [1.165, 1.54) is 6.07 Å². The first-order valence-corrected chi connectivity index (χ1v) is 7.89. The molecule has 114 valence electrons. The highest BCUT2D eigenvalue weighted by atomic mass is 79.9. The van der Waals surface area contributed by atoms with Gasteiger partial charge in [0.25, 0.3) is 0 Å². The Labute approximate surface area is 132 Å². The molecule has 0 aliphatic rings. The predicted molar refractivity (Wildman–Crippen MR) is 84.6 cm³/mol. The third-order valence-electron chi connectivity index (χ3n) is 3.31. The summed E-state index contributed by atoms with van der Waals surface area (Å²) in [6, 6.07) is 5.11. The van der Waals surface area contributed by atoms with Gasteiger partial charge < -0.3 is 5.32 Å². The van der Waals surface area contributed by atoms with Gasteiger partial charge in [-0.25, -0.2) is 14.1 Å². The van der Waals surface area contributed by atoms with E-state index in [1.807, 2.05) is 17.7 Å². The van der Waals surface area contributed by atoms with Crippen molar-refractivity contribution in [2.24, 2.45) is 0 Å². The normalized spacial score (nSPS) is 12.9. The Morgan fingerprint density at radius 2 is 2.14 bits per heavy atom. The summed E-state index contributed by atoms with van der Waals surface area (Å²) >= 11 is 3.40. The second kappa shape index (κ2) is 7.13. The van der Waals surface area contributed by atoms with Crippen LogP contribution >= 0.6 is 15.9 Å². The summed E-state index contributed by atoms with van der Waals surface area (Å²) in [4.78, 5) is 4.31. The van der Waals surface area contributed by atoms with Gasteiger partial charge in [0.1, 0.15) is 18.0 Å². The number of nitrogens with one attached hydrogen (secondary N) is 1. The summed E-state index contributed by atoms with van der Waals surface area (Å²) in [5.41, 5.74) is 0.643. The molecule has 0 radical (unpaired) electrons. The van der Waals surface area contributed by atoms with E-state index in [4.69, 9.17) is 0 Å². The molecule has 0 amide bonds. The van der Waals surface area contributed by atoms with E-state index in [-0.39, 0.29) is 17.9 Å². The quantitative estimate of drug-likeness (QED) is 0.860. The van der Waals surface area contributed by atoms with Gasteiger partial charge in [0, 0.05) is 28.5 Å². The molecule has 0 saturated carbocycles. The molecule has 2 aromatic rings. The third-order valence-corrected chi connectivity index (χ3v) is 3.80. The molecular formula is C15H20BrFN4. The Morgan fingerprint density at radius 3 is 2.81 bits per heavy atom. The second-order valence-corrected chi connectivity index (χ2v) is 6.11. The van der Waals surface area contributed by atoms with Gasteiger partial charge >= 0.3 is 0 Å². The fourth-order valence-electron chi connectivity index (χ4n) is 2.35. The Kier molecular flexibility index (Phi) is 5.47. The summed E-state index contributed by atoms with van der Waals surface area (Å²) in [6.45, 7) is 6.88. The summed E-state index contributed by atoms with van der Waals surface area (Å²) in [7, 11) is 0. The average Bonchev–Trinajstić information content (AvgIpc) is 2.89. The van der Waals surface area contributed by atoms with Gasteiger partial charge in [-0.05, 0) is 38.6 Å². The lowest BCUT2D eigenvalue weighted by molar-refractivity contribution is 0.457. The number of hydrogen-bond donors (Lipinski definition) is 1. The number of hydrogen-bond acceptors (Lipinski definition) is 3. The molecule has 21 heavy (non-hydrogen) atoms. The van der Waals surface area contributed by atoms with Crippen molar-refractivity contribution in [1.82, 2.24) is 20.1 Å². The average molecular weight is 355 g/mol. The number of halogens is 2. The van der Waals surface area contributed by atoms with E-state index >= 15 is 0 Å². The van der Waals surface area contributed by atoms with E-state index in [2.05, 4.69) is 45.2 Å². The zero-order valence-electron chi connectivity index (χ0n) is 12.5. The Hall–Kier alpha value is -1.27. The summed E-state index contributed by atoms with van der Waals surface area (Å²) in [5, 5.41) is 7.57. The summed E-state index contributed by atoms with van der Waals surface area (Å²) < 4.78 is 16.9. The molecule has 1 heterocycles. The molecule has 0 aliphatic carbocycles. The van der Waals surface area contributed by atoms with E-state index < -0.39 is 0 Å². The van der Waals surface area contributed by atoms with Crippen LogP contribution in [0.5, 0.6) is 0 Å². The smallest absolute Gasteiger partial charge is 0.138 e. The minimum Gasteiger partial charge on any atom is -0.310 e. The molecule has 1 unspecified atom stereocenters. The number of benzene rings is 1. The molecule has 1 aromatic carbocycles. The van der Waals surface area contributed by atoms with E-state index in [0.717, 1.165) is 16.8 Å². The van der Waals surface area contributed by atoms with Crippen molar-refractivity contribution in [3.63, 3.8) is 0 Å². The highest BCUT2D eigenvalue weighted by Gasteiger charge is 2.19. The lowest BCUT2D eigenvalue weighted by Gasteiger charge is -2.20. The highest BCUT2D eigenvalue weighted by Crippen LogP contribution is 2.24. The lowest BCUT2D eigenvalue weighted by atomic mass is 10.0. The SMILES string of the molecule is CCNC(Cc1ncnn1C(C)C)c1cc(Br)ccc1F. The maximum Gasteiger partial charge on any atom is 0.138 e. The topological polar surface area (TPSA) is 42.7 Å². The van der Waals surface area contributed by atoms with Crippen molar-refractivity contribution >= 4 is 15.9 Å². The predicted octanol–water partition coefficient (Wildman–Crippen LogP) is 3.65. The summed E-state index contributed by atoms with van der Waals surface area (Å²) in [5.74, 6) is 0.648. The van der Waals surface area contributed by atoms with Crippen molar-refractivity contribution < 1.29 is 4.39 Å². The minimum atomic E-state index is -0.209. The largest absolute Gasteiger partial charge is 0.310 e. The van der Waals surface area contributed by atoms with Crippen LogP contribution in [-0.4, -0.2) is 21.3 Å². The molecule has 1 atom stereocenters. The van der Waals surface area contributed by atoms with Crippen LogP contribution in [0.3, 0.4) is 0 Å². The van der Waals surface area contributed by atoms with Crippen molar-refractivity contribution in [3.05, 3.63) is 46.2 Å². The second-order valence-electron chi connectivity index (χ2n) is 5.19. The first kappa shape index (κ1) is 16.1. The van der Waals surface area contributed by atoms with Gasteiger partial charge in [-0.15, -0.1) is 0 Å². The monoisotopic (exact) mass is 354 g/mol. The molecule has 0 saturated heterocycles. The van der Waals surface area contributed by atoms with E-state index in [0.29, 0.717) is 12.0 Å². The first-order chi connectivity index (χ1) is 10.0. The van der Waals surface area contributed by atoms with Crippen LogP contribution in [0.15, 0.2) is 29.0 Å².